The number of hydrogen-bond donors (Lipinski definition) is 2. The number of rotatable bonds is 3. The van der Waals surface area contributed by atoms with E-state index in [0.717, 1.165) is 12.1 Å². The van der Waals surface area contributed by atoms with Crippen molar-refractivity contribution in [1.82, 2.24) is 10.3 Å². The predicted octanol–water partition coefficient (Wildman–Crippen LogP) is 0.506. The van der Waals surface area contributed by atoms with Gasteiger partial charge in [0.1, 0.15) is 0 Å². The molecule has 0 aliphatic carbocycles. The lowest BCUT2D eigenvalue weighted by Gasteiger charge is -2.00. The molecule has 1 aromatic heterocycles. The first kappa shape index (κ1) is 9.51. The third-order valence-electron chi connectivity index (χ3n) is 1.51. The van der Waals surface area contributed by atoms with Gasteiger partial charge < -0.3 is 11.1 Å². The van der Waals surface area contributed by atoms with E-state index in [4.69, 9.17) is 5.73 Å². The zero-order valence-corrected chi connectivity index (χ0v) is 7.70. The SMILES string of the molecule is CCNC(N)=NCc1cccnc1. The average Bonchev–Trinajstić information content (AvgIpc) is 2.17. The van der Waals surface area contributed by atoms with Crippen LogP contribution in [0.5, 0.6) is 0 Å². The smallest absolute Gasteiger partial charge is 0.188 e. The van der Waals surface area contributed by atoms with Crippen LogP contribution in [0.2, 0.25) is 0 Å². The first-order valence-electron chi connectivity index (χ1n) is 4.25. The summed E-state index contributed by atoms with van der Waals surface area (Å²) in [5, 5.41) is 2.92. The molecule has 13 heavy (non-hydrogen) atoms. The van der Waals surface area contributed by atoms with Gasteiger partial charge in [0.15, 0.2) is 5.96 Å². The molecule has 4 heteroatoms. The van der Waals surface area contributed by atoms with E-state index in [1.54, 1.807) is 12.4 Å². The Kier molecular flexibility index (Phi) is 3.75. The van der Waals surface area contributed by atoms with Crippen LogP contribution in [0.4, 0.5) is 0 Å². The largest absolute Gasteiger partial charge is 0.370 e. The molecule has 1 heterocycles. The number of aromatic nitrogens is 1. The highest BCUT2D eigenvalue weighted by Gasteiger charge is 1.90. The molecule has 0 aromatic carbocycles. The highest BCUT2D eigenvalue weighted by atomic mass is 15.1. The maximum atomic E-state index is 5.55. The van der Waals surface area contributed by atoms with Gasteiger partial charge in [-0.25, -0.2) is 4.99 Å². The molecule has 0 saturated carbocycles. The second-order valence-electron chi connectivity index (χ2n) is 2.59. The molecule has 0 aliphatic rings. The summed E-state index contributed by atoms with van der Waals surface area (Å²) in [5.74, 6) is 0.478. The van der Waals surface area contributed by atoms with Gasteiger partial charge in [0.25, 0.3) is 0 Å². The summed E-state index contributed by atoms with van der Waals surface area (Å²) in [5.41, 5.74) is 6.61. The number of pyridine rings is 1. The molecule has 0 spiro atoms. The summed E-state index contributed by atoms with van der Waals surface area (Å²) in [7, 11) is 0. The van der Waals surface area contributed by atoms with Gasteiger partial charge in [-0.05, 0) is 18.6 Å². The minimum Gasteiger partial charge on any atom is -0.370 e. The summed E-state index contributed by atoms with van der Waals surface area (Å²) < 4.78 is 0. The van der Waals surface area contributed by atoms with Crippen LogP contribution in [0.25, 0.3) is 0 Å². The van der Waals surface area contributed by atoms with Crippen molar-refractivity contribution in [2.75, 3.05) is 6.54 Å². The van der Waals surface area contributed by atoms with E-state index in [1.165, 1.54) is 0 Å². The van der Waals surface area contributed by atoms with Crippen LogP contribution in [0.1, 0.15) is 12.5 Å². The molecule has 3 N–H and O–H groups in total. The van der Waals surface area contributed by atoms with Crippen molar-refractivity contribution in [3.8, 4) is 0 Å². The molecule has 1 aromatic rings. The molecule has 0 amide bonds. The van der Waals surface area contributed by atoms with Gasteiger partial charge >= 0.3 is 0 Å². The van der Waals surface area contributed by atoms with Crippen LogP contribution in [-0.2, 0) is 6.54 Å². The van der Waals surface area contributed by atoms with Crippen LogP contribution >= 0.6 is 0 Å². The van der Waals surface area contributed by atoms with Crippen molar-refractivity contribution in [3.63, 3.8) is 0 Å². The predicted molar refractivity (Wildman–Crippen MR) is 53.2 cm³/mol. The molecular weight excluding hydrogens is 164 g/mol. The lowest BCUT2D eigenvalue weighted by Crippen LogP contribution is -2.31. The monoisotopic (exact) mass is 178 g/mol. The number of aliphatic imine (C=N–C) groups is 1. The summed E-state index contributed by atoms with van der Waals surface area (Å²) in [6, 6.07) is 3.85. The van der Waals surface area contributed by atoms with Gasteiger partial charge in [-0.15, -0.1) is 0 Å². The van der Waals surface area contributed by atoms with Gasteiger partial charge in [-0.3, -0.25) is 4.98 Å². The molecule has 0 aliphatic heterocycles. The zero-order chi connectivity index (χ0) is 9.52. The number of guanidine groups is 1. The first-order chi connectivity index (χ1) is 6.33. The van der Waals surface area contributed by atoms with Gasteiger partial charge in [-0.2, -0.15) is 0 Å². The minimum atomic E-state index is 0.478. The van der Waals surface area contributed by atoms with E-state index in [0.29, 0.717) is 12.5 Å². The Hall–Kier alpha value is -1.58. The summed E-state index contributed by atoms with van der Waals surface area (Å²) in [6.45, 7) is 3.35. The van der Waals surface area contributed by atoms with Crippen molar-refractivity contribution in [1.29, 1.82) is 0 Å². The average molecular weight is 178 g/mol. The molecule has 0 bridgehead atoms. The van der Waals surface area contributed by atoms with E-state index in [9.17, 15) is 0 Å². The van der Waals surface area contributed by atoms with E-state index in [1.807, 2.05) is 19.1 Å². The number of hydrogen-bond acceptors (Lipinski definition) is 2. The fraction of sp³-hybridized carbons (Fsp3) is 0.333. The quantitative estimate of drug-likeness (QED) is 0.523. The van der Waals surface area contributed by atoms with E-state index < -0.39 is 0 Å². The third-order valence-corrected chi connectivity index (χ3v) is 1.51. The standard InChI is InChI=1S/C9H14N4/c1-2-12-9(10)13-7-8-4-3-5-11-6-8/h3-6H,2,7H2,1H3,(H3,10,12,13). The van der Waals surface area contributed by atoms with Crippen LogP contribution in [0.15, 0.2) is 29.5 Å². The lowest BCUT2D eigenvalue weighted by atomic mass is 10.3. The molecule has 0 unspecified atom stereocenters. The second-order valence-corrected chi connectivity index (χ2v) is 2.59. The second kappa shape index (κ2) is 5.13. The zero-order valence-electron chi connectivity index (χ0n) is 7.70. The van der Waals surface area contributed by atoms with Gasteiger partial charge in [-0.1, -0.05) is 6.07 Å². The minimum absolute atomic E-state index is 0.478. The molecule has 70 valence electrons. The molecule has 1 rings (SSSR count). The van der Waals surface area contributed by atoms with Gasteiger partial charge in [0.05, 0.1) is 6.54 Å². The molecule has 0 fully saturated rings. The van der Waals surface area contributed by atoms with Crippen molar-refractivity contribution in [3.05, 3.63) is 30.1 Å². The fourth-order valence-corrected chi connectivity index (χ4v) is 0.905. The molecule has 0 atom stereocenters. The maximum absolute atomic E-state index is 5.55. The van der Waals surface area contributed by atoms with E-state index in [2.05, 4.69) is 15.3 Å². The summed E-state index contributed by atoms with van der Waals surface area (Å²) in [4.78, 5) is 8.11. The first-order valence-corrected chi connectivity index (χ1v) is 4.25. The van der Waals surface area contributed by atoms with Crippen molar-refractivity contribution < 1.29 is 0 Å². The van der Waals surface area contributed by atoms with Gasteiger partial charge in [0, 0.05) is 18.9 Å². The highest BCUT2D eigenvalue weighted by Crippen LogP contribution is 1.96. The Morgan fingerprint density at radius 2 is 2.54 bits per heavy atom. The van der Waals surface area contributed by atoms with Crippen molar-refractivity contribution in [2.45, 2.75) is 13.5 Å². The fourth-order valence-electron chi connectivity index (χ4n) is 0.905. The number of nitrogens with one attached hydrogen (secondary N) is 1. The number of nitrogens with zero attached hydrogens (tertiary/aromatic N) is 2. The lowest BCUT2D eigenvalue weighted by molar-refractivity contribution is 0.923. The molecule has 0 radical (unpaired) electrons. The Morgan fingerprint density at radius 3 is 3.15 bits per heavy atom. The van der Waals surface area contributed by atoms with E-state index in [-0.39, 0.29) is 0 Å². The topological polar surface area (TPSA) is 63.3 Å². The van der Waals surface area contributed by atoms with Gasteiger partial charge in [0.2, 0.25) is 0 Å². The normalized spacial score (nSPS) is 11.3. The Balaban J connectivity index is 2.47. The summed E-state index contributed by atoms with van der Waals surface area (Å²) in [6.07, 6.45) is 3.52. The molecular formula is C9H14N4. The van der Waals surface area contributed by atoms with Crippen LogP contribution in [0, 0.1) is 0 Å². The van der Waals surface area contributed by atoms with Crippen molar-refractivity contribution in [2.24, 2.45) is 10.7 Å². The van der Waals surface area contributed by atoms with Crippen LogP contribution in [-0.4, -0.2) is 17.5 Å². The van der Waals surface area contributed by atoms with Crippen LogP contribution < -0.4 is 11.1 Å². The maximum Gasteiger partial charge on any atom is 0.188 e. The van der Waals surface area contributed by atoms with E-state index >= 15 is 0 Å². The Morgan fingerprint density at radius 1 is 1.69 bits per heavy atom. The Labute approximate surface area is 77.9 Å². The molecule has 0 saturated heterocycles. The van der Waals surface area contributed by atoms with Crippen LogP contribution in [0.3, 0.4) is 0 Å². The Bertz CT molecular complexity index is 268. The third kappa shape index (κ3) is 3.55. The highest BCUT2D eigenvalue weighted by molar-refractivity contribution is 5.77. The van der Waals surface area contributed by atoms with Crippen molar-refractivity contribution >= 4 is 5.96 Å². The number of nitrogens with two attached hydrogens (primary N) is 1. The molecule has 4 nitrogen and oxygen atoms in total. The summed E-state index contributed by atoms with van der Waals surface area (Å²) >= 11 is 0.